The molecule has 4 nitrogen and oxygen atoms in total. The largest absolute Gasteiger partial charge is 0.493 e. The van der Waals surface area contributed by atoms with Crippen molar-refractivity contribution >= 4 is 33.8 Å². The van der Waals surface area contributed by atoms with Crippen LogP contribution < -0.4 is 9.47 Å². The predicted molar refractivity (Wildman–Crippen MR) is 127 cm³/mol. The van der Waals surface area contributed by atoms with E-state index in [1.54, 1.807) is 7.11 Å². The van der Waals surface area contributed by atoms with Gasteiger partial charge in [-0.15, -0.1) is 11.3 Å². The summed E-state index contributed by atoms with van der Waals surface area (Å²) in [6.07, 6.45) is 1.85. The number of benzene rings is 3. The first-order valence-corrected chi connectivity index (χ1v) is 10.9. The monoisotopic (exact) mass is 426 g/mol. The Balaban J connectivity index is 1.66. The maximum atomic E-state index is 9.77. The molecule has 0 amide bonds. The molecule has 154 valence electrons. The third-order valence-electron chi connectivity index (χ3n) is 4.76. The Morgan fingerprint density at radius 2 is 1.84 bits per heavy atom. The molecule has 0 N–H and O–H groups in total. The molecule has 0 fully saturated rings. The van der Waals surface area contributed by atoms with Crippen molar-refractivity contribution in [2.45, 2.75) is 20.0 Å². The smallest absolute Gasteiger partial charge is 0.162 e. The van der Waals surface area contributed by atoms with E-state index in [2.05, 4.69) is 36.4 Å². The van der Waals surface area contributed by atoms with E-state index in [1.165, 1.54) is 22.1 Å². The first-order chi connectivity index (χ1) is 15.1. The third kappa shape index (κ3) is 4.60. The lowest BCUT2D eigenvalue weighted by Gasteiger charge is -2.14. The molecule has 0 aliphatic carbocycles. The molecule has 0 spiro atoms. The number of methoxy groups -OCH3 is 1. The van der Waals surface area contributed by atoms with Crippen molar-refractivity contribution < 1.29 is 9.47 Å². The van der Waals surface area contributed by atoms with Gasteiger partial charge in [-0.3, -0.25) is 0 Å². The molecule has 4 rings (SSSR count). The van der Waals surface area contributed by atoms with Crippen LogP contribution in [-0.2, 0) is 0 Å². The zero-order chi connectivity index (χ0) is 21.8. The summed E-state index contributed by atoms with van der Waals surface area (Å²) >= 11 is 1.47. The Hall–Kier alpha value is -3.62. The first-order valence-electron chi connectivity index (χ1n) is 9.99. The summed E-state index contributed by atoms with van der Waals surface area (Å²) in [4.78, 5) is 4.73. The minimum atomic E-state index is 0.0204. The molecule has 0 atom stereocenters. The summed E-state index contributed by atoms with van der Waals surface area (Å²) in [6, 6.07) is 22.5. The highest BCUT2D eigenvalue weighted by Gasteiger charge is 2.12. The SMILES string of the molecule is COc1ccc(/C=C(\C#N)c2nc(-c3ccc4ccccc4c3)cs2)cc1OC(C)C. The molecule has 3 aromatic carbocycles. The number of rotatable bonds is 6. The van der Waals surface area contributed by atoms with Crippen LogP contribution in [0.4, 0.5) is 0 Å². The second kappa shape index (κ2) is 9.03. The fraction of sp³-hybridized carbons (Fsp3) is 0.154. The lowest BCUT2D eigenvalue weighted by Crippen LogP contribution is -2.06. The van der Waals surface area contributed by atoms with Gasteiger partial charge in [0, 0.05) is 10.9 Å². The summed E-state index contributed by atoms with van der Waals surface area (Å²) in [5.74, 6) is 1.32. The van der Waals surface area contributed by atoms with Crippen LogP contribution in [0.5, 0.6) is 11.5 Å². The molecular formula is C26H22N2O2S. The van der Waals surface area contributed by atoms with E-state index in [4.69, 9.17) is 14.5 Å². The van der Waals surface area contributed by atoms with E-state index in [9.17, 15) is 5.26 Å². The Morgan fingerprint density at radius 3 is 2.58 bits per heavy atom. The summed E-state index contributed by atoms with van der Waals surface area (Å²) in [6.45, 7) is 3.93. The van der Waals surface area contributed by atoms with Gasteiger partial charge in [-0.25, -0.2) is 4.98 Å². The lowest BCUT2D eigenvalue weighted by atomic mass is 10.1. The third-order valence-corrected chi connectivity index (χ3v) is 5.64. The normalized spacial score (nSPS) is 11.5. The summed E-state index contributed by atoms with van der Waals surface area (Å²) in [5.41, 5.74) is 3.27. The number of hydrogen-bond donors (Lipinski definition) is 0. The van der Waals surface area contributed by atoms with Gasteiger partial charge in [-0.1, -0.05) is 42.5 Å². The van der Waals surface area contributed by atoms with Crippen LogP contribution in [0.1, 0.15) is 24.4 Å². The number of aromatic nitrogens is 1. The highest BCUT2D eigenvalue weighted by atomic mass is 32.1. The molecule has 0 aliphatic heterocycles. The fourth-order valence-corrected chi connectivity index (χ4v) is 4.11. The highest BCUT2D eigenvalue weighted by Crippen LogP contribution is 2.32. The number of fused-ring (bicyclic) bond motifs is 1. The maximum absolute atomic E-state index is 9.77. The molecule has 31 heavy (non-hydrogen) atoms. The molecule has 4 aromatic rings. The quantitative estimate of drug-likeness (QED) is 0.317. The van der Waals surface area contributed by atoms with Gasteiger partial charge >= 0.3 is 0 Å². The Bertz CT molecular complexity index is 1300. The molecule has 1 aromatic heterocycles. The van der Waals surface area contributed by atoms with Crippen LogP contribution in [0.15, 0.2) is 66.0 Å². The minimum absolute atomic E-state index is 0.0204. The average molecular weight is 427 g/mol. The van der Waals surface area contributed by atoms with Crippen molar-refractivity contribution in [1.82, 2.24) is 4.98 Å². The van der Waals surface area contributed by atoms with Crippen LogP contribution in [0, 0.1) is 11.3 Å². The number of nitrogens with zero attached hydrogens (tertiary/aromatic N) is 2. The number of hydrogen-bond acceptors (Lipinski definition) is 5. The highest BCUT2D eigenvalue weighted by molar-refractivity contribution is 7.11. The Kier molecular flexibility index (Phi) is 6.01. The van der Waals surface area contributed by atoms with Gasteiger partial charge in [0.1, 0.15) is 11.1 Å². The standard InChI is InChI=1S/C26H22N2O2S/c1-17(2)30-25-13-18(8-11-24(25)29-3)12-22(15-27)26-28-23(16-31-26)21-10-9-19-6-4-5-7-20(19)14-21/h4-14,16-17H,1-3H3/b22-12+. The molecule has 1 heterocycles. The number of nitriles is 1. The van der Waals surface area contributed by atoms with Gasteiger partial charge in [0.2, 0.25) is 0 Å². The molecular weight excluding hydrogens is 404 g/mol. The predicted octanol–water partition coefficient (Wildman–Crippen LogP) is 6.82. The Morgan fingerprint density at radius 1 is 1.03 bits per heavy atom. The maximum Gasteiger partial charge on any atom is 0.162 e. The zero-order valence-corrected chi connectivity index (χ0v) is 18.4. The van der Waals surface area contributed by atoms with Crippen LogP contribution >= 0.6 is 11.3 Å². The number of ether oxygens (including phenoxy) is 2. The van der Waals surface area contributed by atoms with Crippen LogP contribution in [0.3, 0.4) is 0 Å². The van der Waals surface area contributed by atoms with E-state index in [1.807, 2.05) is 55.6 Å². The van der Waals surface area contributed by atoms with E-state index in [0.717, 1.165) is 16.8 Å². The molecule has 0 bridgehead atoms. The number of thiazole rings is 1. The van der Waals surface area contributed by atoms with Gasteiger partial charge in [0.25, 0.3) is 0 Å². The van der Waals surface area contributed by atoms with Crippen LogP contribution in [-0.4, -0.2) is 18.2 Å². The van der Waals surface area contributed by atoms with Gasteiger partial charge in [-0.2, -0.15) is 5.26 Å². The van der Waals surface area contributed by atoms with E-state index < -0.39 is 0 Å². The molecule has 0 unspecified atom stereocenters. The summed E-state index contributed by atoms with van der Waals surface area (Å²) in [5, 5.41) is 14.8. The van der Waals surface area contributed by atoms with Crippen molar-refractivity contribution in [2.24, 2.45) is 0 Å². The van der Waals surface area contributed by atoms with Crippen molar-refractivity contribution in [3.05, 3.63) is 76.6 Å². The van der Waals surface area contributed by atoms with E-state index >= 15 is 0 Å². The minimum Gasteiger partial charge on any atom is -0.493 e. The lowest BCUT2D eigenvalue weighted by molar-refractivity contribution is 0.230. The van der Waals surface area contributed by atoms with E-state index in [-0.39, 0.29) is 6.10 Å². The van der Waals surface area contributed by atoms with Gasteiger partial charge in [0.05, 0.1) is 24.5 Å². The molecule has 0 saturated carbocycles. The zero-order valence-electron chi connectivity index (χ0n) is 17.6. The summed E-state index contributed by atoms with van der Waals surface area (Å²) in [7, 11) is 1.61. The van der Waals surface area contributed by atoms with Crippen LogP contribution in [0.2, 0.25) is 0 Å². The molecule has 0 aliphatic rings. The topological polar surface area (TPSA) is 55.1 Å². The van der Waals surface area contributed by atoms with Gasteiger partial charge < -0.3 is 9.47 Å². The summed E-state index contributed by atoms with van der Waals surface area (Å²) < 4.78 is 11.2. The van der Waals surface area contributed by atoms with Gasteiger partial charge in [-0.05, 0) is 54.5 Å². The fourth-order valence-electron chi connectivity index (χ4n) is 3.32. The van der Waals surface area contributed by atoms with E-state index in [0.29, 0.717) is 22.1 Å². The van der Waals surface area contributed by atoms with Crippen molar-refractivity contribution in [2.75, 3.05) is 7.11 Å². The second-order valence-electron chi connectivity index (χ2n) is 7.35. The van der Waals surface area contributed by atoms with Crippen molar-refractivity contribution in [3.63, 3.8) is 0 Å². The van der Waals surface area contributed by atoms with Crippen molar-refractivity contribution in [1.29, 1.82) is 5.26 Å². The van der Waals surface area contributed by atoms with Crippen LogP contribution in [0.25, 0.3) is 33.7 Å². The van der Waals surface area contributed by atoms with Crippen molar-refractivity contribution in [3.8, 4) is 28.8 Å². The number of allylic oxidation sites excluding steroid dienone is 1. The molecule has 0 saturated heterocycles. The molecule has 0 radical (unpaired) electrons. The molecule has 5 heteroatoms. The Labute approximate surface area is 186 Å². The first kappa shape index (κ1) is 20.6. The van der Waals surface area contributed by atoms with Gasteiger partial charge in [0.15, 0.2) is 11.5 Å². The average Bonchev–Trinajstić information content (AvgIpc) is 3.27. The second-order valence-corrected chi connectivity index (χ2v) is 8.20.